The lowest BCUT2D eigenvalue weighted by Gasteiger charge is -2.28. The lowest BCUT2D eigenvalue weighted by Crippen LogP contribution is -2.25. The van der Waals surface area contributed by atoms with E-state index in [1.165, 1.54) is 7.11 Å². The number of rotatable bonds is 6. The van der Waals surface area contributed by atoms with Crippen molar-refractivity contribution in [1.29, 1.82) is 5.26 Å². The van der Waals surface area contributed by atoms with Crippen molar-refractivity contribution in [1.82, 2.24) is 0 Å². The van der Waals surface area contributed by atoms with Crippen LogP contribution in [0.15, 0.2) is 39.4 Å². The largest absolute Gasteiger partial charge is 0.493 e. The van der Waals surface area contributed by atoms with E-state index in [9.17, 15) is 10.1 Å². The Bertz CT molecular complexity index is 937. The second-order valence-corrected chi connectivity index (χ2v) is 6.49. The van der Waals surface area contributed by atoms with Crippen LogP contribution < -0.4 is 15.2 Å². The summed E-state index contributed by atoms with van der Waals surface area (Å²) in [5.41, 5.74) is 6.76. The Kier molecular flexibility index (Phi) is 6.97. The molecule has 0 fully saturated rings. The SMILES string of the molecule is C#CCOc1cc(Br)c(C2C(C#N)=C(N)OC(C)=C2C(=O)OCC)cc1OC. The summed E-state index contributed by atoms with van der Waals surface area (Å²) < 4.78 is 22.0. The number of allylic oxidation sites excluding steroid dienone is 2. The standard InChI is InChI=1S/C20H19BrN2O5/c1-5-7-27-16-9-14(21)12(8-15(16)25-4)18-13(10-22)19(23)28-11(3)17(18)20(24)26-6-2/h1,8-9,18H,6-7,23H2,2-4H3. The van der Waals surface area contributed by atoms with Crippen LogP contribution in [0, 0.1) is 23.7 Å². The highest BCUT2D eigenvalue weighted by Crippen LogP contribution is 2.45. The smallest absolute Gasteiger partial charge is 0.338 e. The molecule has 0 bridgehead atoms. The fourth-order valence-electron chi connectivity index (χ4n) is 2.83. The van der Waals surface area contributed by atoms with E-state index >= 15 is 0 Å². The van der Waals surface area contributed by atoms with E-state index in [-0.39, 0.29) is 36.0 Å². The third kappa shape index (κ3) is 4.08. The average Bonchev–Trinajstić information content (AvgIpc) is 2.66. The molecule has 0 saturated carbocycles. The molecular formula is C20H19BrN2O5. The van der Waals surface area contributed by atoms with Crippen LogP contribution in [0.2, 0.25) is 0 Å². The van der Waals surface area contributed by atoms with Crippen molar-refractivity contribution in [3.63, 3.8) is 0 Å². The predicted octanol–water partition coefficient (Wildman–Crippen LogP) is 3.11. The Hall–Kier alpha value is -3.10. The normalized spacial score (nSPS) is 16.0. The number of nitriles is 1. The van der Waals surface area contributed by atoms with Gasteiger partial charge >= 0.3 is 5.97 Å². The van der Waals surface area contributed by atoms with E-state index in [0.29, 0.717) is 21.5 Å². The van der Waals surface area contributed by atoms with Crippen molar-refractivity contribution in [2.45, 2.75) is 19.8 Å². The number of ether oxygens (including phenoxy) is 4. The maximum Gasteiger partial charge on any atom is 0.338 e. The topological polar surface area (TPSA) is 104 Å². The number of carbonyl (C=O) groups is 1. The Balaban J connectivity index is 2.69. The number of carbonyl (C=O) groups excluding carboxylic acids is 1. The van der Waals surface area contributed by atoms with Crippen LogP contribution in [0.4, 0.5) is 0 Å². The van der Waals surface area contributed by atoms with Gasteiger partial charge in [-0.25, -0.2) is 4.79 Å². The summed E-state index contributed by atoms with van der Waals surface area (Å²) in [6, 6.07) is 5.34. The molecule has 1 aromatic rings. The first-order valence-corrected chi connectivity index (χ1v) is 9.07. The minimum Gasteiger partial charge on any atom is -0.493 e. The Morgan fingerprint density at radius 2 is 2.14 bits per heavy atom. The number of nitrogens with zero attached hydrogens (tertiary/aromatic N) is 1. The molecule has 1 atom stereocenters. The molecule has 1 aromatic carbocycles. The summed E-state index contributed by atoms with van der Waals surface area (Å²) in [7, 11) is 1.47. The summed E-state index contributed by atoms with van der Waals surface area (Å²) in [5, 5.41) is 9.66. The van der Waals surface area contributed by atoms with E-state index in [4.69, 9.17) is 31.1 Å². The highest BCUT2D eigenvalue weighted by molar-refractivity contribution is 9.10. The Morgan fingerprint density at radius 1 is 1.43 bits per heavy atom. The molecule has 2 rings (SSSR count). The van der Waals surface area contributed by atoms with Gasteiger partial charge in [0.05, 0.1) is 25.2 Å². The van der Waals surface area contributed by atoms with Crippen molar-refractivity contribution in [3.05, 3.63) is 45.0 Å². The first-order chi connectivity index (χ1) is 13.4. The molecule has 0 aliphatic carbocycles. The molecule has 0 amide bonds. The number of methoxy groups -OCH3 is 1. The van der Waals surface area contributed by atoms with Crippen LogP contribution in [0.5, 0.6) is 11.5 Å². The molecule has 146 valence electrons. The van der Waals surface area contributed by atoms with Gasteiger partial charge in [0.25, 0.3) is 0 Å². The molecular weight excluding hydrogens is 428 g/mol. The zero-order valence-electron chi connectivity index (χ0n) is 15.7. The van der Waals surface area contributed by atoms with Crippen LogP contribution in [-0.2, 0) is 14.3 Å². The number of hydrogen-bond acceptors (Lipinski definition) is 7. The highest BCUT2D eigenvalue weighted by Gasteiger charge is 2.37. The van der Waals surface area contributed by atoms with Gasteiger partial charge in [-0.1, -0.05) is 21.9 Å². The van der Waals surface area contributed by atoms with Gasteiger partial charge in [0.1, 0.15) is 24.0 Å². The molecule has 0 spiro atoms. The fourth-order valence-corrected chi connectivity index (χ4v) is 3.38. The van der Waals surface area contributed by atoms with E-state index in [1.54, 1.807) is 26.0 Å². The lowest BCUT2D eigenvalue weighted by atomic mass is 9.83. The van der Waals surface area contributed by atoms with Gasteiger partial charge in [-0.15, -0.1) is 6.42 Å². The minimum atomic E-state index is -0.803. The van der Waals surface area contributed by atoms with Gasteiger partial charge < -0.3 is 24.7 Å². The summed E-state index contributed by atoms with van der Waals surface area (Å²) in [5.74, 6) is 1.98. The molecule has 2 N–H and O–H groups in total. The van der Waals surface area contributed by atoms with Crippen LogP contribution in [0.25, 0.3) is 0 Å². The molecule has 0 saturated heterocycles. The van der Waals surface area contributed by atoms with Crippen molar-refractivity contribution in [2.24, 2.45) is 5.73 Å². The monoisotopic (exact) mass is 446 g/mol. The van der Waals surface area contributed by atoms with Gasteiger partial charge in [0.2, 0.25) is 5.88 Å². The molecule has 1 aliphatic rings. The molecule has 1 aliphatic heterocycles. The molecule has 7 nitrogen and oxygen atoms in total. The first-order valence-electron chi connectivity index (χ1n) is 8.28. The average molecular weight is 447 g/mol. The summed E-state index contributed by atoms with van der Waals surface area (Å²) in [6.45, 7) is 3.52. The third-order valence-electron chi connectivity index (χ3n) is 4.01. The lowest BCUT2D eigenvalue weighted by molar-refractivity contribution is -0.139. The number of nitrogens with two attached hydrogens (primary N) is 1. The molecule has 1 heterocycles. The number of halogens is 1. The maximum atomic E-state index is 12.6. The van der Waals surface area contributed by atoms with Crippen molar-refractivity contribution >= 4 is 21.9 Å². The minimum absolute atomic E-state index is 0.0583. The van der Waals surface area contributed by atoms with Crippen LogP contribution >= 0.6 is 15.9 Å². The second kappa shape index (κ2) is 9.20. The van der Waals surface area contributed by atoms with E-state index in [0.717, 1.165) is 0 Å². The number of terminal acetylenes is 1. The van der Waals surface area contributed by atoms with E-state index in [2.05, 4.69) is 21.9 Å². The third-order valence-corrected chi connectivity index (χ3v) is 4.69. The number of benzene rings is 1. The molecule has 8 heteroatoms. The first kappa shape index (κ1) is 21.2. The fraction of sp³-hybridized carbons (Fsp3) is 0.300. The van der Waals surface area contributed by atoms with Crippen LogP contribution in [0.1, 0.15) is 25.3 Å². The van der Waals surface area contributed by atoms with Gasteiger partial charge in [-0.3, -0.25) is 0 Å². The van der Waals surface area contributed by atoms with Crippen molar-refractivity contribution in [2.75, 3.05) is 20.3 Å². The van der Waals surface area contributed by atoms with Crippen LogP contribution in [-0.4, -0.2) is 26.3 Å². The molecule has 28 heavy (non-hydrogen) atoms. The molecule has 0 radical (unpaired) electrons. The quantitative estimate of drug-likeness (QED) is 0.528. The molecule has 1 unspecified atom stereocenters. The van der Waals surface area contributed by atoms with E-state index in [1.807, 2.05) is 6.07 Å². The van der Waals surface area contributed by atoms with Gasteiger partial charge in [-0.2, -0.15) is 5.26 Å². The number of esters is 1. The maximum absolute atomic E-state index is 12.6. The zero-order valence-corrected chi connectivity index (χ0v) is 17.3. The van der Waals surface area contributed by atoms with Gasteiger partial charge in [-0.05, 0) is 31.5 Å². The Morgan fingerprint density at radius 3 is 2.71 bits per heavy atom. The second-order valence-electron chi connectivity index (χ2n) is 5.63. The van der Waals surface area contributed by atoms with Crippen LogP contribution in [0.3, 0.4) is 0 Å². The van der Waals surface area contributed by atoms with Gasteiger partial charge in [0.15, 0.2) is 11.5 Å². The summed E-state index contributed by atoms with van der Waals surface area (Å²) in [6.07, 6.45) is 5.24. The van der Waals surface area contributed by atoms with Crippen molar-refractivity contribution < 1.29 is 23.7 Å². The highest BCUT2D eigenvalue weighted by atomic mass is 79.9. The van der Waals surface area contributed by atoms with Crippen molar-refractivity contribution in [3.8, 4) is 29.9 Å². The summed E-state index contributed by atoms with van der Waals surface area (Å²) >= 11 is 3.47. The molecule has 0 aromatic heterocycles. The predicted molar refractivity (Wildman–Crippen MR) is 105 cm³/mol. The van der Waals surface area contributed by atoms with Gasteiger partial charge in [0, 0.05) is 4.47 Å². The Labute approximate surface area is 171 Å². The van der Waals surface area contributed by atoms with E-state index < -0.39 is 11.9 Å². The summed E-state index contributed by atoms with van der Waals surface area (Å²) in [4.78, 5) is 12.6. The zero-order chi connectivity index (χ0) is 20.8. The number of hydrogen-bond donors (Lipinski definition) is 1.